The average Bonchev–Trinajstić information content (AvgIpc) is 2.50. The molecular formula is C16H23ClN2O2S. The second-order valence-corrected chi connectivity index (χ2v) is 6.41. The van der Waals surface area contributed by atoms with Crippen molar-refractivity contribution in [2.24, 2.45) is 5.92 Å². The summed E-state index contributed by atoms with van der Waals surface area (Å²) in [5.41, 5.74) is 0.706. The Morgan fingerprint density at radius 3 is 2.68 bits per heavy atom. The van der Waals surface area contributed by atoms with Crippen LogP contribution in [-0.4, -0.2) is 42.3 Å². The molecule has 1 heterocycles. The summed E-state index contributed by atoms with van der Waals surface area (Å²) in [6, 6.07) is 9.45. The third-order valence-corrected chi connectivity index (χ3v) is 4.63. The van der Waals surface area contributed by atoms with Crippen molar-refractivity contribution in [1.82, 2.24) is 10.6 Å². The van der Waals surface area contributed by atoms with Gasteiger partial charge < -0.3 is 10.6 Å². The summed E-state index contributed by atoms with van der Waals surface area (Å²) in [7, 11) is 0. The fourth-order valence-corrected chi connectivity index (χ4v) is 3.14. The van der Waals surface area contributed by atoms with E-state index in [9.17, 15) is 9.59 Å². The van der Waals surface area contributed by atoms with Crippen molar-refractivity contribution < 1.29 is 9.59 Å². The van der Waals surface area contributed by atoms with E-state index in [2.05, 4.69) is 17.6 Å². The number of piperidine rings is 1. The number of carbonyl (C=O) groups excluding carboxylic acids is 2. The largest absolute Gasteiger partial charge is 0.352 e. The van der Waals surface area contributed by atoms with Crippen molar-refractivity contribution in [3.8, 4) is 0 Å². The van der Waals surface area contributed by atoms with E-state index in [-0.39, 0.29) is 30.1 Å². The molecule has 1 fully saturated rings. The molecule has 2 rings (SSSR count). The van der Waals surface area contributed by atoms with Gasteiger partial charge in [-0.2, -0.15) is 0 Å². The number of halogens is 1. The van der Waals surface area contributed by atoms with E-state index in [0.29, 0.717) is 23.0 Å². The summed E-state index contributed by atoms with van der Waals surface area (Å²) in [6.07, 6.45) is 0.973. The molecule has 4 nitrogen and oxygen atoms in total. The Morgan fingerprint density at radius 2 is 2.00 bits per heavy atom. The number of hydrogen-bond donors (Lipinski definition) is 2. The minimum atomic E-state index is 0. The van der Waals surface area contributed by atoms with E-state index < -0.39 is 0 Å². The Balaban J connectivity index is 0.00000242. The van der Waals surface area contributed by atoms with Gasteiger partial charge in [-0.05, 0) is 25.4 Å². The Labute approximate surface area is 142 Å². The van der Waals surface area contributed by atoms with Gasteiger partial charge in [-0.15, -0.1) is 24.2 Å². The van der Waals surface area contributed by atoms with E-state index >= 15 is 0 Å². The molecule has 2 unspecified atom stereocenters. The zero-order valence-electron chi connectivity index (χ0n) is 12.7. The first kappa shape index (κ1) is 19.0. The van der Waals surface area contributed by atoms with E-state index in [1.54, 1.807) is 12.1 Å². The highest BCUT2D eigenvalue weighted by Crippen LogP contribution is 2.11. The number of Topliss-reactive ketones (excluding diaryl/α,β-unsaturated/α-hetero) is 1. The van der Waals surface area contributed by atoms with Gasteiger partial charge in [0.05, 0.1) is 11.5 Å². The van der Waals surface area contributed by atoms with Crippen LogP contribution in [-0.2, 0) is 4.79 Å². The van der Waals surface area contributed by atoms with Crippen LogP contribution in [0.4, 0.5) is 0 Å². The van der Waals surface area contributed by atoms with Gasteiger partial charge in [0.2, 0.25) is 5.91 Å². The number of carbonyl (C=O) groups is 2. The molecule has 0 saturated carbocycles. The molecule has 1 aliphatic heterocycles. The molecule has 2 atom stereocenters. The Morgan fingerprint density at radius 1 is 1.27 bits per heavy atom. The van der Waals surface area contributed by atoms with Crippen LogP contribution in [0.25, 0.3) is 0 Å². The second-order valence-electron chi connectivity index (χ2n) is 5.43. The SMILES string of the molecule is CC1CNCCC1NC(=O)CSCC(=O)c1ccccc1.Cl. The Kier molecular flexibility index (Phi) is 8.53. The van der Waals surface area contributed by atoms with Crippen molar-refractivity contribution in [3.63, 3.8) is 0 Å². The molecule has 1 aromatic rings. The highest BCUT2D eigenvalue weighted by atomic mass is 35.5. The lowest BCUT2D eigenvalue weighted by molar-refractivity contribution is -0.119. The van der Waals surface area contributed by atoms with Crippen LogP contribution < -0.4 is 10.6 Å². The zero-order chi connectivity index (χ0) is 15.1. The van der Waals surface area contributed by atoms with Gasteiger partial charge in [0.1, 0.15) is 0 Å². The molecule has 0 spiro atoms. The third-order valence-electron chi connectivity index (χ3n) is 3.69. The van der Waals surface area contributed by atoms with Gasteiger partial charge >= 0.3 is 0 Å². The van der Waals surface area contributed by atoms with Gasteiger partial charge in [0.15, 0.2) is 5.78 Å². The maximum Gasteiger partial charge on any atom is 0.230 e. The predicted octanol–water partition coefficient (Wildman–Crippen LogP) is 2.14. The van der Waals surface area contributed by atoms with Gasteiger partial charge in [-0.25, -0.2) is 0 Å². The lowest BCUT2D eigenvalue weighted by Gasteiger charge is -2.30. The molecule has 22 heavy (non-hydrogen) atoms. The number of benzene rings is 1. The van der Waals surface area contributed by atoms with Crippen LogP contribution in [0.15, 0.2) is 30.3 Å². The smallest absolute Gasteiger partial charge is 0.230 e. The van der Waals surface area contributed by atoms with Crippen LogP contribution >= 0.6 is 24.2 Å². The minimum absolute atomic E-state index is 0. The van der Waals surface area contributed by atoms with E-state index in [0.717, 1.165) is 19.5 Å². The van der Waals surface area contributed by atoms with Gasteiger partial charge in [-0.1, -0.05) is 37.3 Å². The molecule has 0 aromatic heterocycles. The quantitative estimate of drug-likeness (QED) is 0.778. The predicted molar refractivity (Wildman–Crippen MR) is 93.9 cm³/mol. The summed E-state index contributed by atoms with van der Waals surface area (Å²) in [4.78, 5) is 23.8. The van der Waals surface area contributed by atoms with Crippen molar-refractivity contribution in [1.29, 1.82) is 0 Å². The number of rotatable bonds is 6. The van der Waals surface area contributed by atoms with E-state index in [4.69, 9.17) is 0 Å². The van der Waals surface area contributed by atoms with Gasteiger partial charge in [-0.3, -0.25) is 9.59 Å². The molecule has 6 heteroatoms. The average molecular weight is 343 g/mol. The number of nitrogens with one attached hydrogen (secondary N) is 2. The standard InChI is InChI=1S/C16H22N2O2S.ClH/c1-12-9-17-8-7-14(12)18-16(20)11-21-10-15(19)13-5-3-2-4-6-13;/h2-6,12,14,17H,7-11H2,1H3,(H,18,20);1H. The Hall–Kier alpha value is -1.04. The molecule has 0 radical (unpaired) electrons. The minimum Gasteiger partial charge on any atom is -0.352 e. The summed E-state index contributed by atoms with van der Waals surface area (Å²) in [6.45, 7) is 4.04. The fraction of sp³-hybridized carbons (Fsp3) is 0.500. The molecular weight excluding hydrogens is 320 g/mol. The van der Waals surface area contributed by atoms with Crippen LogP contribution in [0.3, 0.4) is 0 Å². The molecule has 122 valence electrons. The number of ketones is 1. The van der Waals surface area contributed by atoms with Crippen molar-refractivity contribution in [3.05, 3.63) is 35.9 Å². The van der Waals surface area contributed by atoms with Crippen molar-refractivity contribution >= 4 is 35.9 Å². The van der Waals surface area contributed by atoms with Gasteiger partial charge in [0, 0.05) is 11.6 Å². The lowest BCUT2D eigenvalue weighted by atomic mass is 9.95. The van der Waals surface area contributed by atoms with E-state index in [1.165, 1.54) is 11.8 Å². The number of amides is 1. The van der Waals surface area contributed by atoms with Crippen LogP contribution in [0.1, 0.15) is 23.7 Å². The van der Waals surface area contributed by atoms with Gasteiger partial charge in [0.25, 0.3) is 0 Å². The second kappa shape index (κ2) is 9.87. The molecule has 1 saturated heterocycles. The third kappa shape index (κ3) is 5.99. The maximum absolute atomic E-state index is 11.9. The molecule has 0 bridgehead atoms. The highest BCUT2D eigenvalue weighted by Gasteiger charge is 2.22. The van der Waals surface area contributed by atoms with Crippen LogP contribution in [0, 0.1) is 5.92 Å². The topological polar surface area (TPSA) is 58.2 Å². The fourth-order valence-electron chi connectivity index (χ4n) is 2.42. The lowest BCUT2D eigenvalue weighted by Crippen LogP contribution is -2.48. The zero-order valence-corrected chi connectivity index (χ0v) is 14.3. The molecule has 0 aliphatic carbocycles. The number of hydrogen-bond acceptors (Lipinski definition) is 4. The molecule has 1 amide bonds. The Bertz CT molecular complexity index is 484. The number of thioether (sulfide) groups is 1. The summed E-state index contributed by atoms with van der Waals surface area (Å²) >= 11 is 1.38. The molecule has 1 aliphatic rings. The summed E-state index contributed by atoms with van der Waals surface area (Å²) in [5, 5.41) is 6.38. The summed E-state index contributed by atoms with van der Waals surface area (Å²) < 4.78 is 0. The van der Waals surface area contributed by atoms with Crippen LogP contribution in [0.2, 0.25) is 0 Å². The van der Waals surface area contributed by atoms with E-state index in [1.807, 2.05) is 18.2 Å². The van der Waals surface area contributed by atoms with Crippen LogP contribution in [0.5, 0.6) is 0 Å². The maximum atomic E-state index is 11.9. The first-order valence-electron chi connectivity index (χ1n) is 7.33. The first-order chi connectivity index (χ1) is 10.2. The van der Waals surface area contributed by atoms with Crippen molar-refractivity contribution in [2.45, 2.75) is 19.4 Å². The normalized spacial score (nSPS) is 20.8. The van der Waals surface area contributed by atoms with Crippen molar-refractivity contribution in [2.75, 3.05) is 24.6 Å². The molecule has 2 N–H and O–H groups in total. The highest BCUT2D eigenvalue weighted by molar-refractivity contribution is 8.00. The summed E-state index contributed by atoms with van der Waals surface area (Å²) in [5.74, 6) is 1.25. The monoisotopic (exact) mass is 342 g/mol. The molecule has 1 aromatic carbocycles. The first-order valence-corrected chi connectivity index (χ1v) is 8.48.